The van der Waals surface area contributed by atoms with Crippen molar-refractivity contribution in [1.29, 1.82) is 0 Å². The van der Waals surface area contributed by atoms with Gasteiger partial charge in [0.15, 0.2) is 0 Å². The molecule has 3 rings (SSSR count). The summed E-state index contributed by atoms with van der Waals surface area (Å²) in [5.41, 5.74) is 2.45. The molecule has 182 valence electrons. The zero-order chi connectivity index (χ0) is 24.9. The number of methoxy groups -OCH3 is 1. The first-order valence-electron chi connectivity index (χ1n) is 11.3. The Morgan fingerprint density at radius 2 is 1.85 bits per heavy atom. The minimum atomic E-state index is -0.638. The van der Waals surface area contributed by atoms with Crippen LogP contribution < -0.4 is 15.4 Å². The first-order valence-corrected chi connectivity index (χ1v) is 11.3. The SMILES string of the molecule is CC.CCOC(=O)CNC(Cc1ccccc1)C(=O)Nc1cc(-c2ccnc(OC)c2)nn1C. The first kappa shape index (κ1) is 26.5. The van der Waals surface area contributed by atoms with Gasteiger partial charge in [-0.05, 0) is 25.0 Å². The zero-order valence-corrected chi connectivity index (χ0v) is 20.4. The van der Waals surface area contributed by atoms with Crippen LogP contribution in [-0.4, -0.2) is 52.9 Å². The molecular weight excluding hydrogens is 434 g/mol. The predicted octanol–water partition coefficient (Wildman–Crippen LogP) is 3.22. The van der Waals surface area contributed by atoms with Crippen LogP contribution in [0.2, 0.25) is 0 Å². The van der Waals surface area contributed by atoms with Crippen LogP contribution in [0.3, 0.4) is 0 Å². The Morgan fingerprint density at radius 3 is 2.53 bits per heavy atom. The number of carbonyl (C=O) groups excluding carboxylic acids is 2. The van der Waals surface area contributed by atoms with Crippen LogP contribution in [0, 0.1) is 0 Å². The van der Waals surface area contributed by atoms with Gasteiger partial charge in [0, 0.05) is 30.9 Å². The summed E-state index contributed by atoms with van der Waals surface area (Å²) in [6, 6.07) is 14.3. The monoisotopic (exact) mass is 467 g/mol. The number of nitrogens with one attached hydrogen (secondary N) is 2. The maximum atomic E-state index is 13.1. The quantitative estimate of drug-likeness (QED) is 0.441. The van der Waals surface area contributed by atoms with Crippen LogP contribution in [-0.2, 0) is 27.8 Å². The molecule has 0 aliphatic carbocycles. The molecular formula is C25H33N5O4. The fourth-order valence-electron chi connectivity index (χ4n) is 3.14. The van der Waals surface area contributed by atoms with E-state index in [9.17, 15) is 9.59 Å². The van der Waals surface area contributed by atoms with Crippen LogP contribution in [0.1, 0.15) is 26.3 Å². The molecule has 1 amide bonds. The first-order chi connectivity index (χ1) is 16.5. The molecule has 1 aromatic carbocycles. The molecule has 1 atom stereocenters. The van der Waals surface area contributed by atoms with Gasteiger partial charge >= 0.3 is 5.97 Å². The summed E-state index contributed by atoms with van der Waals surface area (Å²) < 4.78 is 11.7. The number of hydrogen-bond donors (Lipinski definition) is 2. The predicted molar refractivity (Wildman–Crippen MR) is 132 cm³/mol. The number of nitrogens with zero attached hydrogens (tertiary/aromatic N) is 3. The minimum absolute atomic E-state index is 0.0633. The third-order valence-corrected chi connectivity index (χ3v) is 4.77. The highest BCUT2D eigenvalue weighted by Crippen LogP contribution is 2.23. The normalized spacial score (nSPS) is 11.1. The maximum Gasteiger partial charge on any atom is 0.319 e. The van der Waals surface area contributed by atoms with E-state index in [-0.39, 0.29) is 19.1 Å². The summed E-state index contributed by atoms with van der Waals surface area (Å²) >= 11 is 0. The molecule has 2 heterocycles. The van der Waals surface area contributed by atoms with E-state index in [1.165, 1.54) is 0 Å². The van der Waals surface area contributed by atoms with Crippen molar-refractivity contribution in [3.05, 3.63) is 60.3 Å². The summed E-state index contributed by atoms with van der Waals surface area (Å²) in [6.07, 6.45) is 2.05. The molecule has 3 aromatic rings. The Hall–Kier alpha value is -3.72. The van der Waals surface area contributed by atoms with Gasteiger partial charge in [-0.25, -0.2) is 4.98 Å². The van der Waals surface area contributed by atoms with Crippen molar-refractivity contribution >= 4 is 17.7 Å². The molecule has 0 saturated heterocycles. The van der Waals surface area contributed by atoms with Gasteiger partial charge in [-0.1, -0.05) is 44.2 Å². The van der Waals surface area contributed by atoms with E-state index in [0.29, 0.717) is 23.8 Å². The fourth-order valence-corrected chi connectivity index (χ4v) is 3.14. The Morgan fingerprint density at radius 1 is 1.12 bits per heavy atom. The minimum Gasteiger partial charge on any atom is -0.481 e. The molecule has 2 aromatic heterocycles. The second kappa shape index (κ2) is 13.7. The number of rotatable bonds is 10. The van der Waals surface area contributed by atoms with E-state index < -0.39 is 12.0 Å². The number of esters is 1. The maximum absolute atomic E-state index is 13.1. The van der Waals surface area contributed by atoms with Gasteiger partial charge in [0.25, 0.3) is 0 Å². The Labute approximate surface area is 200 Å². The lowest BCUT2D eigenvalue weighted by Gasteiger charge is -2.18. The Bertz CT molecular complexity index is 1050. The topological polar surface area (TPSA) is 107 Å². The number of benzene rings is 1. The molecule has 9 nitrogen and oxygen atoms in total. The summed E-state index contributed by atoms with van der Waals surface area (Å²) in [5.74, 6) is 0.314. The van der Waals surface area contributed by atoms with Crippen LogP contribution in [0.4, 0.5) is 5.82 Å². The molecule has 0 fully saturated rings. The molecule has 9 heteroatoms. The number of hydrogen-bond acceptors (Lipinski definition) is 7. The Balaban J connectivity index is 0.00000199. The number of amides is 1. The molecule has 34 heavy (non-hydrogen) atoms. The molecule has 2 N–H and O–H groups in total. The third-order valence-electron chi connectivity index (χ3n) is 4.77. The largest absolute Gasteiger partial charge is 0.481 e. The number of carbonyl (C=O) groups is 2. The lowest BCUT2D eigenvalue weighted by molar-refractivity contribution is -0.142. The smallest absolute Gasteiger partial charge is 0.319 e. The summed E-state index contributed by atoms with van der Waals surface area (Å²) in [4.78, 5) is 29.0. The van der Waals surface area contributed by atoms with Crippen LogP contribution in [0.15, 0.2) is 54.7 Å². The highest BCUT2D eigenvalue weighted by atomic mass is 16.5. The van der Waals surface area contributed by atoms with Gasteiger partial charge in [-0.2, -0.15) is 5.10 Å². The lowest BCUT2D eigenvalue weighted by Crippen LogP contribution is -2.44. The molecule has 0 bridgehead atoms. The number of pyridine rings is 1. The summed E-state index contributed by atoms with van der Waals surface area (Å²) in [5, 5.41) is 10.4. The van der Waals surface area contributed by atoms with Crippen molar-refractivity contribution in [2.45, 2.75) is 33.2 Å². The Kier molecular flexibility index (Phi) is 10.7. The number of aromatic nitrogens is 3. The van der Waals surface area contributed by atoms with Crippen molar-refractivity contribution in [3.63, 3.8) is 0 Å². The standard InChI is InChI=1S/C23H27N5O4.C2H6/c1-4-32-22(29)15-25-19(12-16-8-6-5-7-9-16)23(30)26-20-14-18(27-28(20)2)17-10-11-24-21(13-17)31-3;1-2/h5-11,13-14,19,25H,4,12,15H2,1-3H3,(H,26,30);1-2H3. The van der Waals surface area contributed by atoms with Crippen molar-refractivity contribution in [3.8, 4) is 17.1 Å². The van der Waals surface area contributed by atoms with Crippen LogP contribution in [0.25, 0.3) is 11.3 Å². The van der Waals surface area contributed by atoms with E-state index in [4.69, 9.17) is 9.47 Å². The van der Waals surface area contributed by atoms with Crippen molar-refractivity contribution in [2.75, 3.05) is 25.6 Å². The highest BCUT2D eigenvalue weighted by Gasteiger charge is 2.22. The van der Waals surface area contributed by atoms with Crippen molar-refractivity contribution < 1.29 is 19.1 Å². The molecule has 0 aliphatic heterocycles. The average molecular weight is 468 g/mol. The molecule has 0 spiro atoms. The van der Waals surface area contributed by atoms with Crippen LogP contribution in [0.5, 0.6) is 5.88 Å². The van der Waals surface area contributed by atoms with Gasteiger partial charge in [-0.3, -0.25) is 19.6 Å². The fraction of sp³-hybridized carbons (Fsp3) is 0.360. The van der Waals surface area contributed by atoms with E-state index in [2.05, 4.69) is 20.7 Å². The second-order valence-corrected chi connectivity index (χ2v) is 7.04. The van der Waals surface area contributed by atoms with Crippen molar-refractivity contribution in [2.24, 2.45) is 7.05 Å². The van der Waals surface area contributed by atoms with E-state index in [1.54, 1.807) is 44.1 Å². The molecule has 0 aliphatic rings. The van der Waals surface area contributed by atoms with E-state index in [1.807, 2.05) is 50.2 Å². The van der Waals surface area contributed by atoms with E-state index in [0.717, 1.165) is 11.1 Å². The number of aryl methyl sites for hydroxylation is 1. The van der Waals surface area contributed by atoms with Gasteiger partial charge in [0.05, 0.1) is 32.0 Å². The summed E-state index contributed by atoms with van der Waals surface area (Å²) in [7, 11) is 3.29. The third kappa shape index (κ3) is 7.70. The summed E-state index contributed by atoms with van der Waals surface area (Å²) in [6.45, 7) is 5.96. The van der Waals surface area contributed by atoms with Gasteiger partial charge < -0.3 is 14.8 Å². The molecule has 1 unspecified atom stereocenters. The number of ether oxygens (including phenoxy) is 2. The zero-order valence-electron chi connectivity index (χ0n) is 20.4. The lowest BCUT2D eigenvalue weighted by atomic mass is 10.1. The van der Waals surface area contributed by atoms with Gasteiger partial charge in [-0.15, -0.1) is 0 Å². The van der Waals surface area contributed by atoms with Crippen molar-refractivity contribution in [1.82, 2.24) is 20.1 Å². The van der Waals surface area contributed by atoms with Gasteiger partial charge in [0.1, 0.15) is 5.82 Å². The number of anilines is 1. The van der Waals surface area contributed by atoms with E-state index >= 15 is 0 Å². The highest BCUT2D eigenvalue weighted by molar-refractivity contribution is 5.95. The van der Waals surface area contributed by atoms with Gasteiger partial charge in [0.2, 0.25) is 11.8 Å². The average Bonchev–Trinajstić information content (AvgIpc) is 3.23. The molecule has 0 radical (unpaired) electrons. The molecule has 0 saturated carbocycles. The second-order valence-electron chi connectivity index (χ2n) is 7.04. The van der Waals surface area contributed by atoms with Crippen LogP contribution >= 0.6 is 0 Å².